The zero-order valence-electron chi connectivity index (χ0n) is 12.4. The van der Waals surface area contributed by atoms with Gasteiger partial charge >= 0.3 is 0 Å². The molecule has 2 aromatic rings. The summed E-state index contributed by atoms with van der Waals surface area (Å²) in [5.74, 6) is -0.0886. The summed E-state index contributed by atoms with van der Waals surface area (Å²) in [4.78, 5) is 25.6. The largest absolute Gasteiger partial charge is 0.353 e. The SMILES string of the molecule is CC(C)NC(=O)CN(C)Cn1nnc2ccccc2c1=O. The fourth-order valence-corrected chi connectivity index (χ4v) is 2.01. The Morgan fingerprint density at radius 1 is 1.38 bits per heavy atom. The third kappa shape index (κ3) is 3.85. The van der Waals surface area contributed by atoms with Crippen LogP contribution in [0.1, 0.15) is 13.8 Å². The van der Waals surface area contributed by atoms with Crippen molar-refractivity contribution >= 4 is 16.8 Å². The van der Waals surface area contributed by atoms with Crippen molar-refractivity contribution in [2.24, 2.45) is 0 Å². The average Bonchev–Trinajstić information content (AvgIpc) is 2.41. The fourth-order valence-electron chi connectivity index (χ4n) is 2.01. The highest BCUT2D eigenvalue weighted by atomic mass is 16.2. The van der Waals surface area contributed by atoms with Gasteiger partial charge in [-0.2, -0.15) is 4.68 Å². The molecular weight excluding hydrogens is 270 g/mol. The smallest absolute Gasteiger partial charge is 0.278 e. The highest BCUT2D eigenvalue weighted by Crippen LogP contribution is 2.03. The van der Waals surface area contributed by atoms with Gasteiger partial charge in [-0.25, -0.2) is 0 Å². The molecule has 1 aromatic carbocycles. The highest BCUT2D eigenvalue weighted by molar-refractivity contribution is 5.78. The number of likely N-dealkylation sites (N-methyl/N-ethyl adjacent to an activating group) is 1. The minimum absolute atomic E-state index is 0.0886. The Morgan fingerprint density at radius 2 is 2.10 bits per heavy atom. The first-order valence-corrected chi connectivity index (χ1v) is 6.78. The summed E-state index contributed by atoms with van der Waals surface area (Å²) in [6.45, 7) is 4.20. The lowest BCUT2D eigenvalue weighted by Gasteiger charge is -2.17. The van der Waals surface area contributed by atoms with Gasteiger partial charge in [0.25, 0.3) is 5.56 Å². The predicted octanol–water partition coefficient (Wildman–Crippen LogP) is 0.205. The number of nitrogens with one attached hydrogen (secondary N) is 1. The van der Waals surface area contributed by atoms with E-state index in [0.717, 1.165) is 0 Å². The number of hydrogen-bond donors (Lipinski definition) is 1. The number of carbonyl (C=O) groups excluding carboxylic acids is 1. The summed E-state index contributed by atoms with van der Waals surface area (Å²) in [5, 5.41) is 11.2. The number of fused-ring (bicyclic) bond motifs is 1. The Balaban J connectivity index is 2.11. The Morgan fingerprint density at radius 3 is 2.81 bits per heavy atom. The Labute approximate surface area is 122 Å². The lowest BCUT2D eigenvalue weighted by atomic mass is 10.2. The van der Waals surface area contributed by atoms with Crippen molar-refractivity contribution in [3.63, 3.8) is 0 Å². The van der Waals surface area contributed by atoms with Gasteiger partial charge in [0.15, 0.2) is 0 Å². The van der Waals surface area contributed by atoms with Crippen molar-refractivity contribution in [2.75, 3.05) is 13.6 Å². The Hall–Kier alpha value is -2.28. The number of nitrogens with zero attached hydrogens (tertiary/aromatic N) is 4. The zero-order chi connectivity index (χ0) is 15.4. The molecule has 112 valence electrons. The van der Waals surface area contributed by atoms with Gasteiger partial charge in [-0.3, -0.25) is 14.5 Å². The van der Waals surface area contributed by atoms with E-state index in [1.807, 2.05) is 19.9 Å². The maximum Gasteiger partial charge on any atom is 0.278 e. The summed E-state index contributed by atoms with van der Waals surface area (Å²) in [6.07, 6.45) is 0. The van der Waals surface area contributed by atoms with E-state index >= 15 is 0 Å². The molecule has 0 radical (unpaired) electrons. The van der Waals surface area contributed by atoms with Crippen molar-refractivity contribution in [1.82, 2.24) is 25.2 Å². The summed E-state index contributed by atoms with van der Waals surface area (Å²) in [5.41, 5.74) is 0.357. The molecule has 1 heterocycles. The average molecular weight is 289 g/mol. The third-order valence-corrected chi connectivity index (χ3v) is 2.87. The van der Waals surface area contributed by atoms with Crippen LogP contribution < -0.4 is 10.9 Å². The van der Waals surface area contributed by atoms with E-state index in [2.05, 4.69) is 15.6 Å². The first kappa shape index (κ1) is 15.1. The van der Waals surface area contributed by atoms with Gasteiger partial charge in [-0.1, -0.05) is 17.3 Å². The molecule has 7 heteroatoms. The van der Waals surface area contributed by atoms with Crippen LogP contribution in [0.25, 0.3) is 10.9 Å². The van der Waals surface area contributed by atoms with Crippen LogP contribution in [0, 0.1) is 0 Å². The monoisotopic (exact) mass is 289 g/mol. The molecule has 1 amide bonds. The maximum absolute atomic E-state index is 12.3. The molecule has 0 fully saturated rings. The second-order valence-electron chi connectivity index (χ2n) is 5.29. The molecule has 7 nitrogen and oxygen atoms in total. The Bertz CT molecular complexity index is 695. The fraction of sp³-hybridized carbons (Fsp3) is 0.429. The van der Waals surface area contributed by atoms with Gasteiger partial charge in [-0.15, -0.1) is 5.10 Å². The first-order valence-electron chi connectivity index (χ1n) is 6.78. The molecule has 0 bridgehead atoms. The number of hydrogen-bond acceptors (Lipinski definition) is 5. The summed E-state index contributed by atoms with van der Waals surface area (Å²) in [6, 6.07) is 7.15. The maximum atomic E-state index is 12.3. The minimum atomic E-state index is -0.211. The van der Waals surface area contributed by atoms with Crippen LogP contribution >= 0.6 is 0 Å². The molecule has 0 atom stereocenters. The molecule has 21 heavy (non-hydrogen) atoms. The van der Waals surface area contributed by atoms with E-state index in [1.165, 1.54) is 4.68 Å². The van der Waals surface area contributed by atoms with E-state index in [-0.39, 0.29) is 30.7 Å². The van der Waals surface area contributed by atoms with E-state index in [0.29, 0.717) is 10.9 Å². The van der Waals surface area contributed by atoms with Crippen LogP contribution in [0.3, 0.4) is 0 Å². The van der Waals surface area contributed by atoms with Gasteiger partial charge < -0.3 is 5.32 Å². The summed E-state index contributed by atoms with van der Waals surface area (Å²) < 4.78 is 1.25. The molecule has 0 aliphatic carbocycles. The lowest BCUT2D eigenvalue weighted by Crippen LogP contribution is -2.41. The zero-order valence-corrected chi connectivity index (χ0v) is 12.4. The van der Waals surface area contributed by atoms with Crippen molar-refractivity contribution < 1.29 is 4.79 Å². The molecule has 0 aliphatic rings. The van der Waals surface area contributed by atoms with Crippen molar-refractivity contribution in [1.29, 1.82) is 0 Å². The second-order valence-corrected chi connectivity index (χ2v) is 5.29. The third-order valence-electron chi connectivity index (χ3n) is 2.87. The second kappa shape index (κ2) is 6.45. The number of rotatable bonds is 5. The van der Waals surface area contributed by atoms with Gasteiger partial charge in [0.2, 0.25) is 5.91 Å². The molecule has 0 saturated heterocycles. The van der Waals surface area contributed by atoms with Gasteiger partial charge in [-0.05, 0) is 33.0 Å². The molecule has 0 aliphatic heterocycles. The first-order chi connectivity index (χ1) is 9.97. The normalized spacial score (nSPS) is 11.3. The molecule has 0 spiro atoms. The molecule has 0 saturated carbocycles. The Kier molecular flexibility index (Phi) is 4.64. The lowest BCUT2D eigenvalue weighted by molar-refractivity contribution is -0.122. The van der Waals surface area contributed by atoms with Crippen LogP contribution in [0.2, 0.25) is 0 Å². The predicted molar refractivity (Wildman–Crippen MR) is 79.7 cm³/mol. The number of carbonyl (C=O) groups is 1. The van der Waals surface area contributed by atoms with Crippen molar-refractivity contribution in [3.05, 3.63) is 34.6 Å². The van der Waals surface area contributed by atoms with E-state index < -0.39 is 0 Å². The molecule has 1 N–H and O–H groups in total. The standard InChI is InChI=1S/C14H19N5O2/c1-10(2)15-13(20)8-18(3)9-19-14(21)11-6-4-5-7-12(11)16-17-19/h4-7,10H,8-9H2,1-3H3,(H,15,20). The summed E-state index contributed by atoms with van der Waals surface area (Å²) >= 11 is 0. The molecule has 1 aromatic heterocycles. The highest BCUT2D eigenvalue weighted by Gasteiger charge is 2.11. The minimum Gasteiger partial charge on any atom is -0.353 e. The van der Waals surface area contributed by atoms with Crippen LogP contribution in [0.4, 0.5) is 0 Å². The summed E-state index contributed by atoms with van der Waals surface area (Å²) in [7, 11) is 1.75. The van der Waals surface area contributed by atoms with Crippen LogP contribution in [-0.2, 0) is 11.5 Å². The molecule has 2 rings (SSSR count). The van der Waals surface area contributed by atoms with Crippen LogP contribution in [-0.4, -0.2) is 45.4 Å². The topological polar surface area (TPSA) is 80.1 Å². The van der Waals surface area contributed by atoms with Gasteiger partial charge in [0, 0.05) is 6.04 Å². The quantitative estimate of drug-likeness (QED) is 0.851. The van der Waals surface area contributed by atoms with Crippen molar-refractivity contribution in [2.45, 2.75) is 26.6 Å². The van der Waals surface area contributed by atoms with Gasteiger partial charge in [0.1, 0.15) is 5.52 Å². The van der Waals surface area contributed by atoms with Gasteiger partial charge in [0.05, 0.1) is 18.6 Å². The number of benzene rings is 1. The van der Waals surface area contributed by atoms with E-state index in [4.69, 9.17) is 0 Å². The molecule has 0 unspecified atom stereocenters. The van der Waals surface area contributed by atoms with Crippen LogP contribution in [0.5, 0.6) is 0 Å². The van der Waals surface area contributed by atoms with E-state index in [9.17, 15) is 9.59 Å². The van der Waals surface area contributed by atoms with Crippen LogP contribution in [0.15, 0.2) is 29.1 Å². The van der Waals surface area contributed by atoms with E-state index in [1.54, 1.807) is 30.1 Å². The number of amides is 1. The molecular formula is C14H19N5O2. The van der Waals surface area contributed by atoms with Crippen molar-refractivity contribution in [3.8, 4) is 0 Å². The number of aromatic nitrogens is 3.